The second-order valence-corrected chi connectivity index (χ2v) is 3.07. The largest absolute Gasteiger partial charge is 0.396 e. The summed E-state index contributed by atoms with van der Waals surface area (Å²) in [4.78, 5) is 0. The van der Waals surface area contributed by atoms with Gasteiger partial charge in [-0.2, -0.15) is 0 Å². The maximum atomic E-state index is 9.24. The van der Waals surface area contributed by atoms with Gasteiger partial charge < -0.3 is 20.4 Å². The van der Waals surface area contributed by atoms with E-state index in [4.69, 9.17) is 15.3 Å². The van der Waals surface area contributed by atoms with Crippen molar-refractivity contribution in [2.75, 3.05) is 6.61 Å². The van der Waals surface area contributed by atoms with E-state index in [1.54, 1.807) is 0 Å². The van der Waals surface area contributed by atoms with Crippen LogP contribution in [0.4, 0.5) is 0 Å². The molecule has 0 amide bonds. The molecule has 11 heavy (non-hydrogen) atoms. The Morgan fingerprint density at radius 3 is 2.18 bits per heavy atom. The van der Waals surface area contributed by atoms with Gasteiger partial charge in [0.2, 0.25) is 0 Å². The highest BCUT2D eigenvalue weighted by molar-refractivity contribution is 4.86. The molecule has 0 radical (unpaired) electrons. The molecule has 1 aliphatic rings. The Morgan fingerprint density at radius 2 is 1.64 bits per heavy atom. The molecule has 4 N–H and O–H groups in total. The first-order valence-corrected chi connectivity index (χ1v) is 3.82. The van der Waals surface area contributed by atoms with Crippen molar-refractivity contribution in [2.24, 2.45) is 5.92 Å². The van der Waals surface area contributed by atoms with Gasteiger partial charge in [0.15, 0.2) is 0 Å². The van der Waals surface area contributed by atoms with Gasteiger partial charge in [-0.1, -0.05) is 0 Å². The molecule has 0 saturated heterocycles. The minimum atomic E-state index is -1.10. The normalized spacial score (nSPS) is 45.8. The molecule has 1 saturated carbocycles. The highest BCUT2D eigenvalue weighted by atomic mass is 16.4. The maximum absolute atomic E-state index is 9.24. The summed E-state index contributed by atoms with van der Waals surface area (Å²) in [6.45, 7) is -0.134. The Bertz CT molecular complexity index is 126. The molecule has 0 aromatic carbocycles. The average molecular weight is 162 g/mol. The summed E-state index contributed by atoms with van der Waals surface area (Å²) in [6, 6.07) is 0. The Kier molecular flexibility index (Phi) is 2.84. The number of rotatable bonds is 1. The van der Waals surface area contributed by atoms with Crippen molar-refractivity contribution in [3.8, 4) is 0 Å². The number of hydrogen-bond acceptors (Lipinski definition) is 4. The third-order valence-corrected chi connectivity index (χ3v) is 2.29. The molecular formula is C7H14O4. The van der Waals surface area contributed by atoms with Gasteiger partial charge in [-0.15, -0.1) is 0 Å². The van der Waals surface area contributed by atoms with E-state index in [9.17, 15) is 5.11 Å². The molecule has 0 spiro atoms. The minimum absolute atomic E-state index is 0.134. The fourth-order valence-corrected chi connectivity index (χ4v) is 1.43. The zero-order valence-corrected chi connectivity index (χ0v) is 6.22. The number of hydrogen-bond donors (Lipinski definition) is 4. The minimum Gasteiger partial charge on any atom is -0.396 e. The molecule has 0 heterocycles. The molecule has 66 valence electrons. The van der Waals surface area contributed by atoms with Crippen LogP contribution < -0.4 is 0 Å². The van der Waals surface area contributed by atoms with E-state index in [0.717, 1.165) is 0 Å². The summed E-state index contributed by atoms with van der Waals surface area (Å²) in [5.41, 5.74) is 0. The average Bonchev–Trinajstić information content (AvgIpc) is 2.01. The highest BCUT2D eigenvalue weighted by Gasteiger charge is 2.35. The summed E-state index contributed by atoms with van der Waals surface area (Å²) < 4.78 is 0. The standard InChI is InChI=1S/C7H14O4/c8-3-4-1-2-5(9)7(11)6(4)10/h4-11H,1-3H2/t4-,5+,6+,7+/m0/s1. The van der Waals surface area contributed by atoms with E-state index in [2.05, 4.69) is 0 Å². The van der Waals surface area contributed by atoms with E-state index >= 15 is 0 Å². The molecule has 0 bridgehead atoms. The summed E-state index contributed by atoms with van der Waals surface area (Å²) >= 11 is 0. The van der Waals surface area contributed by atoms with Crippen LogP contribution in [0.15, 0.2) is 0 Å². The quantitative estimate of drug-likeness (QED) is 0.377. The Labute approximate surface area is 65.1 Å². The van der Waals surface area contributed by atoms with Crippen LogP contribution in [0, 0.1) is 5.92 Å². The third kappa shape index (κ3) is 1.70. The van der Waals surface area contributed by atoms with Gasteiger partial charge >= 0.3 is 0 Å². The molecule has 0 aromatic heterocycles. The molecule has 0 aliphatic heterocycles. The summed E-state index contributed by atoms with van der Waals surface area (Å²) in [5, 5.41) is 36.2. The van der Waals surface area contributed by atoms with Crippen LogP contribution in [0.1, 0.15) is 12.8 Å². The van der Waals surface area contributed by atoms with Gasteiger partial charge in [-0.3, -0.25) is 0 Å². The zero-order chi connectivity index (χ0) is 8.43. The fraction of sp³-hybridized carbons (Fsp3) is 1.00. The molecule has 1 rings (SSSR count). The van der Waals surface area contributed by atoms with Gasteiger partial charge in [0.1, 0.15) is 6.10 Å². The second kappa shape index (κ2) is 3.49. The second-order valence-electron chi connectivity index (χ2n) is 3.07. The summed E-state index contributed by atoms with van der Waals surface area (Å²) in [7, 11) is 0. The molecule has 0 unspecified atom stereocenters. The Hall–Kier alpha value is -0.160. The first kappa shape index (κ1) is 8.93. The molecule has 1 fully saturated rings. The molecule has 4 atom stereocenters. The topological polar surface area (TPSA) is 80.9 Å². The van der Waals surface area contributed by atoms with E-state index in [1.165, 1.54) is 0 Å². The van der Waals surface area contributed by atoms with E-state index in [0.29, 0.717) is 12.8 Å². The van der Waals surface area contributed by atoms with Crippen molar-refractivity contribution in [2.45, 2.75) is 31.2 Å². The Balaban J connectivity index is 2.52. The van der Waals surface area contributed by atoms with Crippen molar-refractivity contribution in [1.82, 2.24) is 0 Å². The lowest BCUT2D eigenvalue weighted by Gasteiger charge is -2.33. The molecule has 0 aromatic rings. The van der Waals surface area contributed by atoms with E-state index < -0.39 is 18.3 Å². The first-order chi connectivity index (χ1) is 5.16. The van der Waals surface area contributed by atoms with Crippen LogP contribution in [-0.4, -0.2) is 45.3 Å². The van der Waals surface area contributed by atoms with Crippen LogP contribution >= 0.6 is 0 Å². The first-order valence-electron chi connectivity index (χ1n) is 3.82. The van der Waals surface area contributed by atoms with Gasteiger partial charge in [-0.05, 0) is 12.8 Å². The predicted octanol–water partition coefficient (Wildman–Crippen LogP) is -1.53. The number of aliphatic hydroxyl groups excluding tert-OH is 4. The van der Waals surface area contributed by atoms with Crippen LogP contribution in [0.3, 0.4) is 0 Å². The highest BCUT2D eigenvalue weighted by Crippen LogP contribution is 2.24. The SMILES string of the molecule is OC[C@@H]1CC[C@@H](O)[C@@H](O)[C@@H]1O. The van der Waals surface area contributed by atoms with Crippen LogP contribution in [0.2, 0.25) is 0 Å². The van der Waals surface area contributed by atoms with Gasteiger partial charge in [-0.25, -0.2) is 0 Å². The molecule has 4 heteroatoms. The fourth-order valence-electron chi connectivity index (χ4n) is 1.43. The molecule has 4 nitrogen and oxygen atoms in total. The van der Waals surface area contributed by atoms with Crippen LogP contribution in [-0.2, 0) is 0 Å². The predicted molar refractivity (Wildman–Crippen MR) is 37.8 cm³/mol. The molecular weight excluding hydrogens is 148 g/mol. The maximum Gasteiger partial charge on any atom is 0.106 e. The van der Waals surface area contributed by atoms with Crippen LogP contribution in [0.5, 0.6) is 0 Å². The summed E-state index contributed by atoms with van der Waals surface area (Å²) in [6.07, 6.45) is -1.91. The molecule has 1 aliphatic carbocycles. The van der Waals surface area contributed by atoms with Gasteiger partial charge in [0.05, 0.1) is 12.2 Å². The smallest absolute Gasteiger partial charge is 0.106 e. The van der Waals surface area contributed by atoms with Crippen molar-refractivity contribution >= 4 is 0 Å². The number of aliphatic hydroxyl groups is 4. The van der Waals surface area contributed by atoms with E-state index in [1.807, 2.05) is 0 Å². The van der Waals surface area contributed by atoms with Crippen LogP contribution in [0.25, 0.3) is 0 Å². The van der Waals surface area contributed by atoms with Gasteiger partial charge in [0.25, 0.3) is 0 Å². The lowest BCUT2D eigenvalue weighted by molar-refractivity contribution is -0.118. The summed E-state index contributed by atoms with van der Waals surface area (Å²) in [5.74, 6) is -0.284. The van der Waals surface area contributed by atoms with Crippen molar-refractivity contribution in [1.29, 1.82) is 0 Å². The van der Waals surface area contributed by atoms with Crippen molar-refractivity contribution in [3.05, 3.63) is 0 Å². The zero-order valence-electron chi connectivity index (χ0n) is 6.22. The lowest BCUT2D eigenvalue weighted by atomic mass is 9.83. The lowest BCUT2D eigenvalue weighted by Crippen LogP contribution is -2.47. The van der Waals surface area contributed by atoms with Gasteiger partial charge in [0, 0.05) is 12.5 Å². The van der Waals surface area contributed by atoms with E-state index in [-0.39, 0.29) is 12.5 Å². The van der Waals surface area contributed by atoms with Crippen molar-refractivity contribution < 1.29 is 20.4 Å². The third-order valence-electron chi connectivity index (χ3n) is 2.29. The Morgan fingerprint density at radius 1 is 1.00 bits per heavy atom. The monoisotopic (exact) mass is 162 g/mol. The van der Waals surface area contributed by atoms with Crippen molar-refractivity contribution in [3.63, 3.8) is 0 Å².